The minimum Gasteiger partial charge on any atom is -0.425 e. The first kappa shape index (κ1) is 19.2. The fourth-order valence-electron chi connectivity index (χ4n) is 4.71. The molecule has 1 N–H and O–H groups in total. The molecular weight excluding hydrogens is 350 g/mol. The Morgan fingerprint density at radius 2 is 1.79 bits per heavy atom. The zero-order valence-electron chi connectivity index (χ0n) is 16.7. The fraction of sp³-hybridized carbons (Fsp3) is 0.609. The maximum Gasteiger partial charge on any atom is 0.220 e. The van der Waals surface area contributed by atoms with Gasteiger partial charge in [-0.05, 0) is 49.0 Å². The summed E-state index contributed by atoms with van der Waals surface area (Å²) >= 11 is 0. The highest BCUT2D eigenvalue weighted by Crippen LogP contribution is 2.60. The van der Waals surface area contributed by atoms with Gasteiger partial charge in [0, 0.05) is 25.8 Å². The van der Waals surface area contributed by atoms with Crippen LogP contribution in [0.4, 0.5) is 0 Å². The number of nitrogens with one attached hydrogen (secondary N) is 1. The van der Waals surface area contributed by atoms with Gasteiger partial charge in [0.15, 0.2) is 0 Å². The molecule has 1 atom stereocenters. The lowest BCUT2D eigenvalue weighted by molar-refractivity contribution is -0.121. The second-order valence-electron chi connectivity index (χ2n) is 8.56. The van der Waals surface area contributed by atoms with Crippen molar-refractivity contribution in [3.05, 3.63) is 47.7 Å². The Bertz CT molecular complexity index is 765. The molecule has 2 aromatic rings. The Kier molecular flexibility index (Phi) is 6.08. The first-order chi connectivity index (χ1) is 13.7. The normalized spacial score (nSPS) is 20.2. The monoisotopic (exact) mass is 381 g/mol. The predicted molar refractivity (Wildman–Crippen MR) is 108 cm³/mol. The Hall–Kier alpha value is -2.17. The molecule has 2 fully saturated rings. The molecule has 4 rings (SSSR count). The highest BCUT2D eigenvalue weighted by atomic mass is 16.4. The van der Waals surface area contributed by atoms with E-state index in [1.165, 1.54) is 44.1 Å². The van der Waals surface area contributed by atoms with Crippen LogP contribution in [0.2, 0.25) is 0 Å². The van der Waals surface area contributed by atoms with Crippen LogP contribution in [-0.2, 0) is 24.1 Å². The van der Waals surface area contributed by atoms with Crippen molar-refractivity contribution in [3.63, 3.8) is 0 Å². The van der Waals surface area contributed by atoms with Gasteiger partial charge in [0.2, 0.25) is 17.7 Å². The SMILES string of the molecule is O=C(CCc1nnc(CCCc2ccccc2)o1)NCC1CC12CCCCC2. The van der Waals surface area contributed by atoms with Crippen LogP contribution in [0.3, 0.4) is 0 Å². The molecule has 2 saturated carbocycles. The summed E-state index contributed by atoms with van der Waals surface area (Å²) in [4.78, 5) is 12.2. The lowest BCUT2D eigenvalue weighted by Crippen LogP contribution is -2.27. The molecule has 0 aliphatic heterocycles. The number of hydrogen-bond donors (Lipinski definition) is 1. The first-order valence-electron chi connectivity index (χ1n) is 10.9. The van der Waals surface area contributed by atoms with E-state index in [1.807, 2.05) is 6.07 Å². The Morgan fingerprint density at radius 3 is 2.57 bits per heavy atom. The third-order valence-electron chi connectivity index (χ3n) is 6.53. The molecule has 1 unspecified atom stereocenters. The van der Waals surface area contributed by atoms with Gasteiger partial charge in [-0.1, -0.05) is 49.6 Å². The summed E-state index contributed by atoms with van der Waals surface area (Å²) in [6.07, 6.45) is 11.9. The van der Waals surface area contributed by atoms with Crippen molar-refractivity contribution in [1.82, 2.24) is 15.5 Å². The van der Waals surface area contributed by atoms with Gasteiger partial charge in [0.1, 0.15) is 0 Å². The van der Waals surface area contributed by atoms with E-state index in [-0.39, 0.29) is 5.91 Å². The number of aryl methyl sites for hydroxylation is 3. The topological polar surface area (TPSA) is 68.0 Å². The molecule has 0 radical (unpaired) electrons. The van der Waals surface area contributed by atoms with Crippen LogP contribution >= 0.6 is 0 Å². The van der Waals surface area contributed by atoms with Crippen molar-refractivity contribution in [2.24, 2.45) is 11.3 Å². The number of aromatic nitrogens is 2. The summed E-state index contributed by atoms with van der Waals surface area (Å²) in [7, 11) is 0. The predicted octanol–water partition coefficient (Wildman–Crippen LogP) is 4.26. The second kappa shape index (κ2) is 8.89. The van der Waals surface area contributed by atoms with Crippen molar-refractivity contribution in [1.29, 1.82) is 0 Å². The number of amides is 1. The van der Waals surface area contributed by atoms with Crippen LogP contribution in [0.15, 0.2) is 34.7 Å². The Morgan fingerprint density at radius 1 is 1.04 bits per heavy atom. The number of carbonyl (C=O) groups is 1. The van der Waals surface area contributed by atoms with E-state index in [1.54, 1.807) is 0 Å². The van der Waals surface area contributed by atoms with Crippen LogP contribution in [0.5, 0.6) is 0 Å². The van der Waals surface area contributed by atoms with Gasteiger partial charge in [0.05, 0.1) is 0 Å². The second-order valence-corrected chi connectivity index (χ2v) is 8.56. The van der Waals surface area contributed by atoms with Crippen molar-refractivity contribution in [2.45, 2.75) is 70.6 Å². The average molecular weight is 382 g/mol. The molecule has 28 heavy (non-hydrogen) atoms. The molecule has 1 heterocycles. The van der Waals surface area contributed by atoms with E-state index < -0.39 is 0 Å². The molecule has 1 aromatic carbocycles. The highest BCUT2D eigenvalue weighted by Gasteiger charge is 2.53. The molecule has 0 saturated heterocycles. The maximum atomic E-state index is 12.2. The summed E-state index contributed by atoms with van der Waals surface area (Å²) < 4.78 is 5.70. The largest absolute Gasteiger partial charge is 0.425 e. The van der Waals surface area contributed by atoms with Crippen LogP contribution < -0.4 is 5.32 Å². The molecule has 5 nitrogen and oxygen atoms in total. The summed E-state index contributed by atoms with van der Waals surface area (Å²) in [6.45, 7) is 0.841. The lowest BCUT2D eigenvalue weighted by atomic mass is 9.84. The molecule has 1 aromatic heterocycles. The zero-order chi connectivity index (χ0) is 19.2. The summed E-state index contributed by atoms with van der Waals surface area (Å²) in [5, 5.41) is 11.3. The van der Waals surface area contributed by atoms with Crippen molar-refractivity contribution < 1.29 is 9.21 Å². The highest BCUT2D eigenvalue weighted by molar-refractivity contribution is 5.76. The zero-order valence-corrected chi connectivity index (χ0v) is 16.7. The van der Waals surface area contributed by atoms with Gasteiger partial charge in [0.25, 0.3) is 0 Å². The molecule has 0 bridgehead atoms. The van der Waals surface area contributed by atoms with E-state index in [9.17, 15) is 4.79 Å². The van der Waals surface area contributed by atoms with E-state index >= 15 is 0 Å². The number of carbonyl (C=O) groups excluding carboxylic acids is 1. The standard InChI is InChI=1S/C23H31N3O2/c27-20(24-17-19-16-23(19)14-5-2-6-15-23)12-13-22-26-25-21(28-22)11-7-10-18-8-3-1-4-9-18/h1,3-4,8-9,19H,2,5-7,10-17H2,(H,24,27). The average Bonchev–Trinajstić information content (AvgIpc) is 3.17. The number of benzene rings is 1. The van der Waals surface area contributed by atoms with Crippen molar-refractivity contribution >= 4 is 5.91 Å². The summed E-state index contributed by atoms with van der Waals surface area (Å²) in [5.41, 5.74) is 1.90. The van der Waals surface area contributed by atoms with E-state index in [2.05, 4.69) is 39.8 Å². The van der Waals surface area contributed by atoms with E-state index in [0.717, 1.165) is 25.8 Å². The molecule has 1 amide bonds. The minimum atomic E-state index is 0.0988. The first-order valence-corrected chi connectivity index (χ1v) is 10.9. The van der Waals surface area contributed by atoms with Gasteiger partial charge in [-0.25, -0.2) is 0 Å². The van der Waals surface area contributed by atoms with E-state index in [0.29, 0.717) is 36.0 Å². The molecule has 2 aliphatic carbocycles. The number of nitrogens with zero attached hydrogens (tertiary/aromatic N) is 2. The van der Waals surface area contributed by atoms with Crippen LogP contribution in [-0.4, -0.2) is 22.6 Å². The van der Waals surface area contributed by atoms with Gasteiger partial charge in [-0.15, -0.1) is 10.2 Å². The van der Waals surface area contributed by atoms with Gasteiger partial charge >= 0.3 is 0 Å². The number of hydrogen-bond acceptors (Lipinski definition) is 4. The van der Waals surface area contributed by atoms with Crippen molar-refractivity contribution in [3.8, 4) is 0 Å². The molecule has 150 valence electrons. The third kappa shape index (κ3) is 5.00. The molecule has 5 heteroatoms. The Labute approximate surface area is 167 Å². The van der Waals surface area contributed by atoms with Gasteiger partial charge in [-0.3, -0.25) is 4.79 Å². The molecular formula is C23H31N3O2. The molecule has 2 aliphatic rings. The maximum absolute atomic E-state index is 12.2. The smallest absolute Gasteiger partial charge is 0.220 e. The van der Waals surface area contributed by atoms with Crippen LogP contribution in [0, 0.1) is 11.3 Å². The number of rotatable bonds is 9. The van der Waals surface area contributed by atoms with Crippen molar-refractivity contribution in [2.75, 3.05) is 6.54 Å². The van der Waals surface area contributed by atoms with E-state index in [4.69, 9.17) is 4.42 Å². The van der Waals surface area contributed by atoms with Crippen LogP contribution in [0.1, 0.15) is 68.7 Å². The Balaban J connectivity index is 1.12. The summed E-state index contributed by atoms with van der Waals surface area (Å²) in [6, 6.07) is 10.4. The fourth-order valence-corrected chi connectivity index (χ4v) is 4.71. The summed E-state index contributed by atoms with van der Waals surface area (Å²) in [5.74, 6) is 2.04. The van der Waals surface area contributed by atoms with Crippen LogP contribution in [0.25, 0.3) is 0 Å². The lowest BCUT2D eigenvalue weighted by Gasteiger charge is -2.22. The minimum absolute atomic E-state index is 0.0988. The quantitative estimate of drug-likeness (QED) is 0.704. The van der Waals surface area contributed by atoms with Gasteiger partial charge < -0.3 is 9.73 Å². The van der Waals surface area contributed by atoms with Gasteiger partial charge in [-0.2, -0.15) is 0 Å². The molecule has 1 spiro atoms. The third-order valence-corrected chi connectivity index (χ3v) is 6.53.